The highest BCUT2D eigenvalue weighted by atomic mass is 16.5. The quantitative estimate of drug-likeness (QED) is 0.875. The Hall–Kier alpha value is -2.30. The summed E-state index contributed by atoms with van der Waals surface area (Å²) < 4.78 is 6.56. The van der Waals surface area contributed by atoms with Crippen LogP contribution in [-0.2, 0) is 0 Å². The fourth-order valence-electron chi connectivity index (χ4n) is 1.50. The Labute approximate surface area is 98.3 Å². The molecule has 0 aliphatic rings. The first kappa shape index (κ1) is 11.2. The van der Waals surface area contributed by atoms with Crippen molar-refractivity contribution >= 4 is 5.97 Å². The Morgan fingerprint density at radius 1 is 1.41 bits per heavy atom. The van der Waals surface area contributed by atoms with E-state index in [0.29, 0.717) is 18.2 Å². The van der Waals surface area contributed by atoms with E-state index in [-0.39, 0.29) is 5.69 Å². The molecule has 0 fully saturated rings. The maximum absolute atomic E-state index is 11.1. The fraction of sp³-hybridized carbons (Fsp3) is 0.167. The number of para-hydroxylation sites is 1. The van der Waals surface area contributed by atoms with Crippen molar-refractivity contribution in [1.82, 2.24) is 9.78 Å². The standard InChI is InChI=1S/C12H12N2O3/c1-2-17-11-8-10(12(15)16)14(13-11)9-6-4-3-5-7-9/h3-8H,2H2,1H3,(H,15,16). The summed E-state index contributed by atoms with van der Waals surface area (Å²) in [6.45, 7) is 2.27. The van der Waals surface area contributed by atoms with Crippen molar-refractivity contribution in [2.75, 3.05) is 6.61 Å². The van der Waals surface area contributed by atoms with Gasteiger partial charge < -0.3 is 9.84 Å². The van der Waals surface area contributed by atoms with E-state index in [0.717, 1.165) is 0 Å². The summed E-state index contributed by atoms with van der Waals surface area (Å²) in [6.07, 6.45) is 0. The zero-order valence-electron chi connectivity index (χ0n) is 9.33. The van der Waals surface area contributed by atoms with Gasteiger partial charge >= 0.3 is 5.97 Å². The molecule has 88 valence electrons. The van der Waals surface area contributed by atoms with Gasteiger partial charge in [-0.25, -0.2) is 9.48 Å². The second kappa shape index (κ2) is 4.69. The van der Waals surface area contributed by atoms with Gasteiger partial charge in [-0.15, -0.1) is 5.10 Å². The minimum absolute atomic E-state index is 0.0830. The zero-order chi connectivity index (χ0) is 12.3. The second-order valence-corrected chi connectivity index (χ2v) is 3.35. The number of ether oxygens (including phenoxy) is 1. The van der Waals surface area contributed by atoms with Crippen LogP contribution in [0, 0.1) is 0 Å². The Balaban J connectivity index is 2.48. The van der Waals surface area contributed by atoms with Gasteiger partial charge in [0.2, 0.25) is 5.88 Å². The molecule has 0 saturated heterocycles. The number of carbonyl (C=O) groups is 1. The van der Waals surface area contributed by atoms with Gasteiger partial charge in [-0.3, -0.25) is 0 Å². The summed E-state index contributed by atoms with van der Waals surface area (Å²) in [6, 6.07) is 10.5. The van der Waals surface area contributed by atoms with Crippen LogP contribution in [0.4, 0.5) is 0 Å². The van der Waals surface area contributed by atoms with Crippen molar-refractivity contribution in [2.24, 2.45) is 0 Å². The van der Waals surface area contributed by atoms with Gasteiger partial charge in [0.15, 0.2) is 5.69 Å². The van der Waals surface area contributed by atoms with Crippen molar-refractivity contribution < 1.29 is 14.6 Å². The third-order valence-electron chi connectivity index (χ3n) is 2.20. The van der Waals surface area contributed by atoms with Crippen LogP contribution >= 0.6 is 0 Å². The highest BCUT2D eigenvalue weighted by molar-refractivity contribution is 5.86. The number of nitrogens with zero attached hydrogens (tertiary/aromatic N) is 2. The molecule has 0 bridgehead atoms. The summed E-state index contributed by atoms with van der Waals surface area (Å²) >= 11 is 0. The molecule has 0 amide bonds. The Morgan fingerprint density at radius 2 is 2.12 bits per heavy atom. The highest BCUT2D eigenvalue weighted by Gasteiger charge is 2.15. The monoisotopic (exact) mass is 232 g/mol. The Morgan fingerprint density at radius 3 is 2.71 bits per heavy atom. The van der Waals surface area contributed by atoms with Crippen LogP contribution in [0.5, 0.6) is 5.88 Å². The molecule has 0 atom stereocenters. The largest absolute Gasteiger partial charge is 0.477 e. The van der Waals surface area contributed by atoms with Crippen LogP contribution in [0.2, 0.25) is 0 Å². The van der Waals surface area contributed by atoms with Crippen LogP contribution in [0.1, 0.15) is 17.4 Å². The van der Waals surface area contributed by atoms with Gasteiger partial charge in [-0.2, -0.15) is 0 Å². The smallest absolute Gasteiger partial charge is 0.354 e. The number of hydrogen-bond donors (Lipinski definition) is 1. The number of hydrogen-bond acceptors (Lipinski definition) is 3. The Bertz CT molecular complexity index is 520. The molecule has 2 aromatic rings. The molecule has 5 heteroatoms. The van der Waals surface area contributed by atoms with Gasteiger partial charge in [-0.1, -0.05) is 18.2 Å². The maximum atomic E-state index is 11.1. The lowest BCUT2D eigenvalue weighted by Crippen LogP contribution is -2.07. The molecule has 0 aliphatic heterocycles. The molecule has 1 heterocycles. The average molecular weight is 232 g/mol. The lowest BCUT2D eigenvalue weighted by atomic mass is 10.3. The minimum Gasteiger partial charge on any atom is -0.477 e. The van der Waals surface area contributed by atoms with Crippen LogP contribution in [-0.4, -0.2) is 27.5 Å². The van der Waals surface area contributed by atoms with Gasteiger partial charge in [0, 0.05) is 6.07 Å². The molecular formula is C12H12N2O3. The van der Waals surface area contributed by atoms with E-state index in [1.807, 2.05) is 25.1 Å². The van der Waals surface area contributed by atoms with E-state index in [1.165, 1.54) is 10.7 Å². The van der Waals surface area contributed by atoms with E-state index < -0.39 is 5.97 Å². The number of benzene rings is 1. The molecule has 0 radical (unpaired) electrons. The van der Waals surface area contributed by atoms with Crippen LogP contribution < -0.4 is 4.74 Å². The van der Waals surface area contributed by atoms with Gasteiger partial charge in [0.05, 0.1) is 12.3 Å². The SMILES string of the molecule is CCOc1cc(C(=O)O)n(-c2ccccc2)n1. The lowest BCUT2D eigenvalue weighted by molar-refractivity contribution is 0.0687. The number of aromatic carboxylic acids is 1. The number of carboxylic acids is 1. The predicted molar refractivity (Wildman–Crippen MR) is 61.7 cm³/mol. The van der Waals surface area contributed by atoms with E-state index in [2.05, 4.69) is 5.10 Å². The molecular weight excluding hydrogens is 220 g/mol. The topological polar surface area (TPSA) is 64.3 Å². The van der Waals surface area contributed by atoms with Crippen molar-refractivity contribution in [1.29, 1.82) is 0 Å². The van der Waals surface area contributed by atoms with Crippen molar-refractivity contribution in [3.05, 3.63) is 42.1 Å². The molecule has 5 nitrogen and oxygen atoms in total. The summed E-state index contributed by atoms with van der Waals surface area (Å²) in [4.78, 5) is 11.1. The molecule has 1 aromatic carbocycles. The average Bonchev–Trinajstić information content (AvgIpc) is 2.75. The molecule has 2 rings (SSSR count). The lowest BCUT2D eigenvalue weighted by Gasteiger charge is -2.02. The fourth-order valence-corrected chi connectivity index (χ4v) is 1.50. The number of aromatic nitrogens is 2. The third-order valence-corrected chi connectivity index (χ3v) is 2.20. The zero-order valence-corrected chi connectivity index (χ0v) is 9.33. The number of carboxylic acid groups (broad SMARTS) is 1. The van der Waals surface area contributed by atoms with Crippen LogP contribution in [0.15, 0.2) is 36.4 Å². The highest BCUT2D eigenvalue weighted by Crippen LogP contribution is 2.17. The first-order chi connectivity index (χ1) is 8.22. The van der Waals surface area contributed by atoms with Gasteiger partial charge in [0.1, 0.15) is 0 Å². The van der Waals surface area contributed by atoms with Crippen molar-refractivity contribution in [3.8, 4) is 11.6 Å². The minimum atomic E-state index is -1.03. The molecule has 0 spiro atoms. The second-order valence-electron chi connectivity index (χ2n) is 3.35. The van der Waals surface area contributed by atoms with Crippen molar-refractivity contribution in [2.45, 2.75) is 6.92 Å². The van der Waals surface area contributed by atoms with Crippen LogP contribution in [0.25, 0.3) is 5.69 Å². The summed E-state index contributed by atoms with van der Waals surface area (Å²) in [5.41, 5.74) is 0.774. The molecule has 0 unspecified atom stereocenters. The van der Waals surface area contributed by atoms with Gasteiger partial charge in [-0.05, 0) is 19.1 Å². The summed E-state index contributed by atoms with van der Waals surface area (Å²) in [5.74, 6) is -0.721. The number of rotatable bonds is 4. The summed E-state index contributed by atoms with van der Waals surface area (Å²) in [5, 5.41) is 13.2. The molecule has 1 N–H and O–H groups in total. The van der Waals surface area contributed by atoms with E-state index in [4.69, 9.17) is 9.84 Å². The van der Waals surface area contributed by atoms with E-state index >= 15 is 0 Å². The van der Waals surface area contributed by atoms with Crippen molar-refractivity contribution in [3.63, 3.8) is 0 Å². The third kappa shape index (κ3) is 2.28. The molecule has 0 aliphatic carbocycles. The molecule has 0 saturated carbocycles. The maximum Gasteiger partial charge on any atom is 0.354 e. The first-order valence-corrected chi connectivity index (χ1v) is 5.24. The summed E-state index contributed by atoms with van der Waals surface area (Å²) in [7, 11) is 0. The first-order valence-electron chi connectivity index (χ1n) is 5.24. The predicted octanol–water partition coefficient (Wildman–Crippen LogP) is 1.97. The normalized spacial score (nSPS) is 10.2. The van der Waals surface area contributed by atoms with Gasteiger partial charge in [0.25, 0.3) is 0 Å². The Kier molecular flexibility index (Phi) is 3.09. The van der Waals surface area contributed by atoms with E-state index in [9.17, 15) is 4.79 Å². The molecule has 1 aromatic heterocycles. The molecule has 17 heavy (non-hydrogen) atoms. The van der Waals surface area contributed by atoms with E-state index in [1.54, 1.807) is 12.1 Å². The van der Waals surface area contributed by atoms with Crippen LogP contribution in [0.3, 0.4) is 0 Å².